The van der Waals surface area contributed by atoms with E-state index in [2.05, 4.69) is 22.6 Å². The zero-order chi connectivity index (χ0) is 13.8. The lowest BCUT2D eigenvalue weighted by molar-refractivity contribution is -0.132. The molecule has 1 saturated heterocycles. The van der Waals surface area contributed by atoms with E-state index in [1.165, 1.54) is 0 Å². The molecule has 0 aliphatic carbocycles. The van der Waals surface area contributed by atoms with Gasteiger partial charge >= 0.3 is 0 Å². The number of carbonyl (C=O) groups is 1. The minimum Gasteiger partial charge on any atom is -0.345 e. The molecular formula is C15H18INO2. The van der Waals surface area contributed by atoms with E-state index >= 15 is 0 Å². The summed E-state index contributed by atoms with van der Waals surface area (Å²) in [6, 6.07) is 10.1. The number of hydrogen-bond donors (Lipinski definition) is 0. The first-order chi connectivity index (χ1) is 9.19. The minimum absolute atomic E-state index is 0.0471. The van der Waals surface area contributed by atoms with Gasteiger partial charge in [0.25, 0.3) is 0 Å². The lowest BCUT2D eigenvalue weighted by atomic mass is 10.0. The fourth-order valence-electron chi connectivity index (χ4n) is 2.45. The first kappa shape index (κ1) is 14.5. The quantitative estimate of drug-likeness (QED) is 0.464. The van der Waals surface area contributed by atoms with Gasteiger partial charge in [-0.2, -0.15) is 0 Å². The second-order valence-electron chi connectivity index (χ2n) is 4.56. The molecule has 1 fully saturated rings. The number of hydrogen-bond acceptors (Lipinski definition) is 2. The van der Waals surface area contributed by atoms with Crippen LogP contribution in [0, 0.1) is 0 Å². The fraction of sp³-hybridized carbons (Fsp3) is 0.400. The van der Waals surface area contributed by atoms with E-state index < -0.39 is 0 Å². The van der Waals surface area contributed by atoms with Gasteiger partial charge in [0.15, 0.2) is 6.23 Å². The average Bonchev–Trinajstić information content (AvgIpc) is 2.76. The molecule has 1 aromatic rings. The van der Waals surface area contributed by atoms with Crippen molar-refractivity contribution < 1.29 is 9.53 Å². The van der Waals surface area contributed by atoms with Crippen LogP contribution in [0.5, 0.6) is 0 Å². The number of benzene rings is 1. The van der Waals surface area contributed by atoms with Crippen molar-refractivity contribution in [2.75, 3.05) is 4.43 Å². The smallest absolute Gasteiger partial charge is 0.235 e. The predicted molar refractivity (Wildman–Crippen MR) is 84.1 cm³/mol. The summed E-state index contributed by atoms with van der Waals surface area (Å²) in [5.74, 6) is 0.120. The molecule has 102 valence electrons. The fourth-order valence-corrected chi connectivity index (χ4v) is 2.84. The van der Waals surface area contributed by atoms with Crippen molar-refractivity contribution in [3.05, 3.63) is 48.0 Å². The van der Waals surface area contributed by atoms with E-state index in [1.54, 1.807) is 0 Å². The Bertz CT molecular complexity index is 460. The molecule has 1 aromatic carbocycles. The van der Waals surface area contributed by atoms with Gasteiger partial charge in [-0.05, 0) is 25.5 Å². The SMILES string of the molecule is C/C=C/C1O[C@H](c2ccccc2)[C@H](C)N1C(=O)CI. The zero-order valence-electron chi connectivity index (χ0n) is 11.1. The van der Waals surface area contributed by atoms with Gasteiger partial charge < -0.3 is 9.64 Å². The zero-order valence-corrected chi connectivity index (χ0v) is 13.3. The van der Waals surface area contributed by atoms with Gasteiger partial charge in [0.05, 0.1) is 10.5 Å². The van der Waals surface area contributed by atoms with Crippen LogP contribution in [0.2, 0.25) is 0 Å². The lowest BCUT2D eigenvalue weighted by Crippen LogP contribution is -2.40. The van der Waals surface area contributed by atoms with Gasteiger partial charge in [0.2, 0.25) is 5.91 Å². The molecule has 1 amide bonds. The molecule has 4 heteroatoms. The van der Waals surface area contributed by atoms with Crippen LogP contribution in [-0.4, -0.2) is 27.5 Å². The third-order valence-electron chi connectivity index (χ3n) is 3.32. The molecule has 1 aliphatic rings. The van der Waals surface area contributed by atoms with Crippen molar-refractivity contribution in [1.29, 1.82) is 0 Å². The molecule has 0 spiro atoms. The Labute approximate surface area is 127 Å². The number of ether oxygens (including phenoxy) is 1. The molecular weight excluding hydrogens is 353 g/mol. The van der Waals surface area contributed by atoms with Crippen LogP contribution in [0.1, 0.15) is 25.5 Å². The highest BCUT2D eigenvalue weighted by Gasteiger charge is 2.41. The monoisotopic (exact) mass is 371 g/mol. The molecule has 2 rings (SSSR count). The van der Waals surface area contributed by atoms with E-state index in [9.17, 15) is 4.79 Å². The van der Waals surface area contributed by atoms with E-state index in [0.717, 1.165) is 5.56 Å². The number of halogens is 1. The number of allylic oxidation sites excluding steroid dienone is 1. The lowest BCUT2D eigenvalue weighted by Gasteiger charge is -2.24. The Morgan fingerprint density at radius 1 is 1.42 bits per heavy atom. The molecule has 19 heavy (non-hydrogen) atoms. The van der Waals surface area contributed by atoms with Gasteiger partial charge in [0.1, 0.15) is 6.10 Å². The number of rotatable bonds is 3. The topological polar surface area (TPSA) is 29.5 Å². The van der Waals surface area contributed by atoms with Crippen LogP contribution in [-0.2, 0) is 9.53 Å². The molecule has 1 unspecified atom stereocenters. The van der Waals surface area contributed by atoms with Gasteiger partial charge in [0, 0.05) is 0 Å². The van der Waals surface area contributed by atoms with E-state index in [1.807, 2.05) is 61.2 Å². The van der Waals surface area contributed by atoms with Gasteiger partial charge in [-0.25, -0.2) is 0 Å². The van der Waals surface area contributed by atoms with Crippen LogP contribution in [0.25, 0.3) is 0 Å². The van der Waals surface area contributed by atoms with Crippen molar-refractivity contribution in [3.8, 4) is 0 Å². The standard InChI is InChI=1S/C15H18INO2/c1-3-7-14-17(13(18)10-16)11(2)15(19-14)12-8-5-4-6-9-12/h3-9,11,14-15H,10H2,1-2H3/b7-3+/t11-,14?,15-/m0/s1. The molecule has 0 saturated carbocycles. The van der Waals surface area contributed by atoms with Crippen molar-refractivity contribution in [2.45, 2.75) is 32.2 Å². The summed E-state index contributed by atoms with van der Waals surface area (Å²) in [7, 11) is 0. The minimum atomic E-state index is -0.257. The Morgan fingerprint density at radius 3 is 2.68 bits per heavy atom. The first-order valence-electron chi connectivity index (χ1n) is 6.39. The van der Waals surface area contributed by atoms with Crippen molar-refractivity contribution in [2.24, 2.45) is 0 Å². The third kappa shape index (κ3) is 3.00. The average molecular weight is 371 g/mol. The molecule has 3 nitrogen and oxygen atoms in total. The van der Waals surface area contributed by atoms with Crippen LogP contribution >= 0.6 is 22.6 Å². The highest BCUT2D eigenvalue weighted by atomic mass is 127. The van der Waals surface area contributed by atoms with Gasteiger partial charge in [-0.1, -0.05) is 59.0 Å². The highest BCUT2D eigenvalue weighted by molar-refractivity contribution is 14.1. The normalized spacial score (nSPS) is 27.1. The maximum Gasteiger partial charge on any atom is 0.235 e. The van der Waals surface area contributed by atoms with Gasteiger partial charge in [-0.15, -0.1) is 0 Å². The maximum atomic E-state index is 12.1. The Kier molecular flexibility index (Phi) is 4.99. The number of alkyl halides is 1. The van der Waals surface area contributed by atoms with E-state index in [-0.39, 0.29) is 24.3 Å². The van der Waals surface area contributed by atoms with Crippen LogP contribution in [0.3, 0.4) is 0 Å². The Balaban J connectivity index is 2.28. The van der Waals surface area contributed by atoms with Crippen LogP contribution < -0.4 is 0 Å². The summed E-state index contributed by atoms with van der Waals surface area (Å²) < 4.78 is 6.52. The molecule has 0 radical (unpaired) electrons. The Morgan fingerprint density at radius 2 is 2.11 bits per heavy atom. The number of amides is 1. The molecule has 1 aliphatic heterocycles. The van der Waals surface area contributed by atoms with Gasteiger partial charge in [-0.3, -0.25) is 4.79 Å². The maximum absolute atomic E-state index is 12.1. The first-order valence-corrected chi connectivity index (χ1v) is 7.92. The largest absolute Gasteiger partial charge is 0.345 e. The predicted octanol–water partition coefficient (Wildman–Crippen LogP) is 3.31. The second kappa shape index (κ2) is 6.52. The molecule has 0 aromatic heterocycles. The second-order valence-corrected chi connectivity index (χ2v) is 5.32. The summed E-state index contributed by atoms with van der Waals surface area (Å²) in [6.07, 6.45) is 3.55. The molecule has 3 atom stereocenters. The summed E-state index contributed by atoms with van der Waals surface area (Å²) in [5.41, 5.74) is 1.12. The highest BCUT2D eigenvalue weighted by Crippen LogP contribution is 2.35. The van der Waals surface area contributed by atoms with Crippen molar-refractivity contribution >= 4 is 28.5 Å². The Hall–Kier alpha value is -0.880. The summed E-state index contributed by atoms with van der Waals surface area (Å²) in [5, 5.41) is 0. The molecule has 0 bridgehead atoms. The molecule has 1 heterocycles. The van der Waals surface area contributed by atoms with Crippen molar-refractivity contribution in [3.63, 3.8) is 0 Å². The van der Waals surface area contributed by atoms with Crippen molar-refractivity contribution in [1.82, 2.24) is 4.90 Å². The summed E-state index contributed by atoms with van der Waals surface area (Å²) in [4.78, 5) is 13.9. The van der Waals surface area contributed by atoms with E-state index in [0.29, 0.717) is 4.43 Å². The number of nitrogens with zero attached hydrogens (tertiary/aromatic N) is 1. The molecule has 0 N–H and O–H groups in total. The van der Waals surface area contributed by atoms with Crippen LogP contribution in [0.4, 0.5) is 0 Å². The van der Waals surface area contributed by atoms with Crippen LogP contribution in [0.15, 0.2) is 42.5 Å². The third-order valence-corrected chi connectivity index (χ3v) is 3.98. The summed E-state index contributed by atoms with van der Waals surface area (Å²) >= 11 is 2.10. The van der Waals surface area contributed by atoms with E-state index in [4.69, 9.17) is 4.74 Å². The number of carbonyl (C=O) groups excluding carboxylic acids is 1. The summed E-state index contributed by atoms with van der Waals surface area (Å²) in [6.45, 7) is 3.99.